The number of hydrogen-bond acceptors (Lipinski definition) is 3. The molecule has 5 nitrogen and oxygen atoms in total. The van der Waals surface area contributed by atoms with Gasteiger partial charge in [0.05, 0.1) is 11.8 Å². The Morgan fingerprint density at radius 2 is 1.85 bits per heavy atom. The number of aryl methyl sites for hydroxylation is 1. The molecule has 131 valence electrons. The molecule has 1 aromatic carbocycles. The van der Waals surface area contributed by atoms with Crippen molar-refractivity contribution in [3.05, 3.63) is 60.8 Å². The van der Waals surface area contributed by atoms with Gasteiger partial charge in [0.2, 0.25) is 6.33 Å². The number of aromatic nitrogens is 5. The second-order valence-corrected chi connectivity index (χ2v) is 5.74. The van der Waals surface area contributed by atoms with Gasteiger partial charge in [0, 0.05) is 30.1 Å². The molecule has 0 aliphatic rings. The quantitative estimate of drug-likeness (QED) is 0.555. The Morgan fingerprint density at radius 3 is 2.50 bits per heavy atom. The van der Waals surface area contributed by atoms with E-state index >= 15 is 0 Å². The van der Waals surface area contributed by atoms with Crippen LogP contribution in [0.2, 0.25) is 0 Å². The molecule has 8 heteroatoms. The van der Waals surface area contributed by atoms with Gasteiger partial charge >= 0.3 is 6.18 Å². The minimum Gasteiger partial charge on any atom is -0.272 e. The third-order valence-electron chi connectivity index (χ3n) is 4.17. The van der Waals surface area contributed by atoms with Crippen LogP contribution in [0.15, 0.2) is 48.9 Å². The Bertz CT molecular complexity index is 1060. The highest BCUT2D eigenvalue weighted by Gasteiger charge is 2.30. The lowest BCUT2D eigenvalue weighted by Crippen LogP contribution is -2.04. The molecule has 0 N–H and O–H groups in total. The Kier molecular flexibility index (Phi) is 3.75. The molecule has 0 saturated heterocycles. The molecule has 0 atom stereocenters. The molecule has 26 heavy (non-hydrogen) atoms. The summed E-state index contributed by atoms with van der Waals surface area (Å²) in [6.07, 6.45) is 3.52. The highest BCUT2D eigenvalue weighted by Crippen LogP contribution is 2.36. The maximum absolute atomic E-state index is 12.9. The maximum Gasteiger partial charge on any atom is 0.416 e. The summed E-state index contributed by atoms with van der Waals surface area (Å²) in [5, 5.41) is 8.27. The van der Waals surface area contributed by atoms with Crippen molar-refractivity contribution in [1.82, 2.24) is 24.4 Å². The zero-order chi connectivity index (χ0) is 18.3. The topological polar surface area (TPSA) is 48.0 Å². The minimum absolute atomic E-state index is 0.520. The Labute approximate surface area is 146 Å². The van der Waals surface area contributed by atoms with E-state index in [1.807, 2.05) is 19.2 Å². The summed E-state index contributed by atoms with van der Waals surface area (Å²) in [6.45, 7) is 2.70. The number of halogens is 3. The van der Waals surface area contributed by atoms with E-state index in [1.165, 1.54) is 12.1 Å². The molecule has 0 aliphatic carbocycles. The van der Waals surface area contributed by atoms with Crippen LogP contribution >= 0.6 is 0 Å². The van der Waals surface area contributed by atoms with Crippen LogP contribution in [0.5, 0.6) is 0 Å². The predicted molar refractivity (Wildman–Crippen MR) is 89.2 cm³/mol. The third kappa shape index (κ3) is 2.73. The zero-order valence-electron chi connectivity index (χ0n) is 13.7. The first-order valence-corrected chi connectivity index (χ1v) is 7.93. The van der Waals surface area contributed by atoms with E-state index in [0.29, 0.717) is 16.8 Å². The largest absolute Gasteiger partial charge is 0.416 e. The smallest absolute Gasteiger partial charge is 0.272 e. The van der Waals surface area contributed by atoms with Gasteiger partial charge in [0.1, 0.15) is 0 Å². The van der Waals surface area contributed by atoms with Crippen molar-refractivity contribution >= 4 is 5.65 Å². The average Bonchev–Trinajstić information content (AvgIpc) is 3.29. The fourth-order valence-corrected chi connectivity index (χ4v) is 2.87. The number of alkyl halides is 3. The van der Waals surface area contributed by atoms with Crippen LogP contribution in [-0.4, -0.2) is 24.4 Å². The summed E-state index contributed by atoms with van der Waals surface area (Å²) in [4.78, 5) is 4.16. The van der Waals surface area contributed by atoms with Gasteiger partial charge < -0.3 is 0 Å². The maximum atomic E-state index is 12.9. The third-order valence-corrected chi connectivity index (χ3v) is 4.17. The van der Waals surface area contributed by atoms with Gasteiger partial charge in [0.25, 0.3) is 0 Å². The zero-order valence-corrected chi connectivity index (χ0v) is 13.7. The molecular weight excluding hydrogens is 343 g/mol. The fraction of sp³-hybridized carbons (Fsp3) is 0.167. The number of fused-ring (bicyclic) bond motifs is 1. The van der Waals surface area contributed by atoms with Crippen LogP contribution in [0, 0.1) is 6.33 Å². The molecule has 0 spiro atoms. The van der Waals surface area contributed by atoms with E-state index in [4.69, 9.17) is 0 Å². The molecule has 4 aromatic rings. The summed E-state index contributed by atoms with van der Waals surface area (Å²) < 4.78 is 41.9. The minimum atomic E-state index is -4.38. The molecule has 0 fully saturated rings. The second kappa shape index (κ2) is 5.98. The number of benzene rings is 1. The van der Waals surface area contributed by atoms with Gasteiger partial charge in [-0.1, -0.05) is 12.1 Å². The van der Waals surface area contributed by atoms with Gasteiger partial charge in [-0.25, -0.2) is 9.50 Å². The van der Waals surface area contributed by atoms with Crippen molar-refractivity contribution in [2.24, 2.45) is 0 Å². The van der Waals surface area contributed by atoms with Crippen LogP contribution in [0.3, 0.4) is 0 Å². The summed E-state index contributed by atoms with van der Waals surface area (Å²) in [5.74, 6) is 0. The normalized spacial score (nSPS) is 12.0. The molecule has 0 amide bonds. The monoisotopic (exact) mass is 356 g/mol. The lowest BCUT2D eigenvalue weighted by atomic mass is 9.97. The lowest BCUT2D eigenvalue weighted by Gasteiger charge is -2.11. The fourth-order valence-electron chi connectivity index (χ4n) is 2.87. The molecule has 3 heterocycles. The SMILES string of the molecule is CCn1cc(-c2ccn3n[c]nc3c2-c2ccc(C(F)(F)F)cc2)cn1. The van der Waals surface area contributed by atoms with Gasteiger partial charge in [-0.2, -0.15) is 18.3 Å². The van der Waals surface area contributed by atoms with E-state index in [-0.39, 0.29) is 0 Å². The molecule has 1 radical (unpaired) electrons. The predicted octanol–water partition coefficient (Wildman–Crippen LogP) is 4.10. The van der Waals surface area contributed by atoms with Crippen LogP contribution in [0.4, 0.5) is 13.2 Å². The summed E-state index contributed by atoms with van der Waals surface area (Å²) in [5.41, 5.74) is 2.80. The van der Waals surface area contributed by atoms with Crippen molar-refractivity contribution in [3.63, 3.8) is 0 Å². The summed E-state index contributed by atoms with van der Waals surface area (Å²) >= 11 is 0. The van der Waals surface area contributed by atoms with Crippen LogP contribution in [0.1, 0.15) is 12.5 Å². The summed E-state index contributed by atoms with van der Waals surface area (Å²) in [6, 6.07) is 6.87. The van der Waals surface area contributed by atoms with Crippen molar-refractivity contribution in [2.45, 2.75) is 19.6 Å². The van der Waals surface area contributed by atoms with E-state index in [9.17, 15) is 13.2 Å². The van der Waals surface area contributed by atoms with Crippen molar-refractivity contribution in [1.29, 1.82) is 0 Å². The molecule has 0 saturated carbocycles. The molecular formula is C18H13F3N5. The van der Waals surface area contributed by atoms with E-state index in [1.54, 1.807) is 21.6 Å². The number of pyridine rings is 1. The number of rotatable bonds is 3. The summed E-state index contributed by atoms with van der Waals surface area (Å²) in [7, 11) is 0. The van der Waals surface area contributed by atoms with Crippen LogP contribution in [-0.2, 0) is 12.7 Å². The Hall–Kier alpha value is -3.16. The van der Waals surface area contributed by atoms with Gasteiger partial charge in [0.15, 0.2) is 5.65 Å². The van der Waals surface area contributed by atoms with Crippen molar-refractivity contribution in [3.8, 4) is 22.3 Å². The Morgan fingerprint density at radius 1 is 1.08 bits per heavy atom. The molecule has 4 rings (SSSR count). The molecule has 0 bridgehead atoms. The van der Waals surface area contributed by atoms with E-state index < -0.39 is 11.7 Å². The standard InChI is InChI=1S/C18H13F3N5/c1-2-25-10-13(9-23-25)15-7-8-26-17(22-11-24-26)16(15)12-3-5-14(6-4-12)18(19,20)21/h3-10H,2H2,1H3. The van der Waals surface area contributed by atoms with E-state index in [0.717, 1.165) is 29.8 Å². The average molecular weight is 356 g/mol. The van der Waals surface area contributed by atoms with Crippen molar-refractivity contribution < 1.29 is 13.2 Å². The first-order chi connectivity index (χ1) is 12.5. The van der Waals surface area contributed by atoms with E-state index in [2.05, 4.69) is 21.5 Å². The van der Waals surface area contributed by atoms with Crippen molar-refractivity contribution in [2.75, 3.05) is 0 Å². The first kappa shape index (κ1) is 16.3. The van der Waals surface area contributed by atoms with Gasteiger partial charge in [-0.05, 0) is 36.2 Å². The highest BCUT2D eigenvalue weighted by molar-refractivity contribution is 5.91. The number of hydrogen-bond donors (Lipinski definition) is 0. The second-order valence-electron chi connectivity index (χ2n) is 5.74. The highest BCUT2D eigenvalue weighted by atomic mass is 19.4. The molecule has 0 unspecified atom stereocenters. The van der Waals surface area contributed by atoms with Crippen LogP contribution < -0.4 is 0 Å². The first-order valence-electron chi connectivity index (χ1n) is 7.93. The van der Waals surface area contributed by atoms with Gasteiger partial charge in [-0.15, -0.1) is 5.10 Å². The molecule has 3 aromatic heterocycles. The van der Waals surface area contributed by atoms with Gasteiger partial charge in [-0.3, -0.25) is 4.68 Å². The lowest BCUT2D eigenvalue weighted by molar-refractivity contribution is -0.137. The van der Waals surface area contributed by atoms with Crippen LogP contribution in [0.25, 0.3) is 27.9 Å². The Balaban J connectivity index is 1.92. The molecule has 0 aliphatic heterocycles. The number of nitrogens with zero attached hydrogens (tertiary/aromatic N) is 5.